The lowest BCUT2D eigenvalue weighted by Crippen LogP contribution is -2.32. The van der Waals surface area contributed by atoms with E-state index in [4.69, 9.17) is 21.1 Å². The number of alkyl halides is 3. The summed E-state index contributed by atoms with van der Waals surface area (Å²) >= 11 is 6.03. The highest BCUT2D eigenvalue weighted by Crippen LogP contribution is 2.39. The Morgan fingerprint density at radius 3 is 2.43 bits per heavy atom. The fourth-order valence-electron chi connectivity index (χ4n) is 2.63. The van der Waals surface area contributed by atoms with E-state index in [0.29, 0.717) is 18.4 Å². The zero-order valence-corrected chi connectivity index (χ0v) is 15.9. The molecule has 0 bridgehead atoms. The van der Waals surface area contributed by atoms with Gasteiger partial charge in [0.05, 0.1) is 27.7 Å². The van der Waals surface area contributed by atoms with Gasteiger partial charge in [-0.25, -0.2) is 8.42 Å². The molecule has 2 aromatic carbocycles. The largest absolute Gasteiger partial charge is 0.486 e. The Balaban J connectivity index is 2.10. The van der Waals surface area contributed by atoms with Crippen LogP contribution < -0.4 is 13.8 Å². The summed E-state index contributed by atoms with van der Waals surface area (Å²) in [5, 5.41) is -0.143. The van der Waals surface area contributed by atoms with E-state index in [9.17, 15) is 21.6 Å². The van der Waals surface area contributed by atoms with E-state index in [1.54, 1.807) is 0 Å². The van der Waals surface area contributed by atoms with Crippen molar-refractivity contribution >= 4 is 27.3 Å². The maximum atomic E-state index is 13.2. The third-order valence-electron chi connectivity index (χ3n) is 3.94. The molecular formula is C18H15ClF3NO4S. The summed E-state index contributed by atoms with van der Waals surface area (Å²) in [4.78, 5) is -0.174. The highest BCUT2D eigenvalue weighted by Gasteiger charge is 2.34. The Morgan fingerprint density at radius 1 is 1.11 bits per heavy atom. The van der Waals surface area contributed by atoms with Crippen molar-refractivity contribution in [2.24, 2.45) is 0 Å². The van der Waals surface area contributed by atoms with Gasteiger partial charge in [-0.3, -0.25) is 4.31 Å². The third-order valence-corrected chi connectivity index (χ3v) is 6.03. The van der Waals surface area contributed by atoms with Gasteiger partial charge in [0, 0.05) is 6.07 Å². The second-order valence-corrected chi connectivity index (χ2v) is 8.06. The Labute approximate surface area is 165 Å². The first-order valence-electron chi connectivity index (χ1n) is 8.04. The van der Waals surface area contributed by atoms with Crippen LogP contribution in [0.25, 0.3) is 0 Å². The quantitative estimate of drug-likeness (QED) is 0.651. The van der Waals surface area contributed by atoms with Crippen LogP contribution in [0.4, 0.5) is 18.9 Å². The maximum Gasteiger partial charge on any atom is 0.416 e. The first kappa shape index (κ1) is 20.3. The summed E-state index contributed by atoms with van der Waals surface area (Å²) in [6.07, 6.45) is -3.40. The number of rotatable bonds is 5. The summed E-state index contributed by atoms with van der Waals surface area (Å²) < 4.78 is 77.1. The highest BCUT2D eigenvalue weighted by atomic mass is 35.5. The Hall–Kier alpha value is -2.39. The van der Waals surface area contributed by atoms with Crippen LogP contribution >= 0.6 is 11.6 Å². The van der Waals surface area contributed by atoms with E-state index >= 15 is 0 Å². The maximum absolute atomic E-state index is 13.2. The molecule has 0 saturated carbocycles. The topological polar surface area (TPSA) is 55.8 Å². The molecule has 1 aliphatic rings. The number of anilines is 1. The van der Waals surface area contributed by atoms with Crippen molar-refractivity contribution in [3.8, 4) is 11.5 Å². The molecule has 0 aliphatic carbocycles. The van der Waals surface area contributed by atoms with Crippen molar-refractivity contribution in [2.45, 2.75) is 11.1 Å². The number of benzene rings is 2. The molecule has 0 atom stereocenters. The van der Waals surface area contributed by atoms with Crippen molar-refractivity contribution in [2.75, 3.05) is 24.1 Å². The first-order chi connectivity index (χ1) is 13.1. The SMILES string of the molecule is C=CCN(c1cc(C(F)(F)F)ccc1Cl)S(=O)(=O)c1ccc2c(c1)OCCO2. The average Bonchev–Trinajstić information content (AvgIpc) is 2.65. The minimum absolute atomic E-state index is 0.143. The number of fused-ring (bicyclic) bond motifs is 1. The predicted molar refractivity (Wildman–Crippen MR) is 98.6 cm³/mol. The molecule has 0 amide bonds. The van der Waals surface area contributed by atoms with E-state index < -0.39 is 21.8 Å². The van der Waals surface area contributed by atoms with Crippen LogP contribution in [0, 0.1) is 0 Å². The highest BCUT2D eigenvalue weighted by molar-refractivity contribution is 7.92. The van der Waals surface area contributed by atoms with Gasteiger partial charge in [0.2, 0.25) is 0 Å². The Kier molecular flexibility index (Phi) is 5.49. The minimum atomic E-state index is -4.65. The molecule has 1 heterocycles. The smallest absolute Gasteiger partial charge is 0.416 e. The van der Waals surface area contributed by atoms with Gasteiger partial charge < -0.3 is 9.47 Å². The molecule has 0 unspecified atom stereocenters. The normalized spacial score (nSPS) is 13.9. The van der Waals surface area contributed by atoms with Gasteiger partial charge in [0.1, 0.15) is 13.2 Å². The average molecular weight is 434 g/mol. The lowest BCUT2D eigenvalue weighted by atomic mass is 10.2. The molecule has 150 valence electrons. The molecule has 3 rings (SSSR count). The molecule has 0 spiro atoms. The van der Waals surface area contributed by atoms with E-state index in [-0.39, 0.29) is 34.5 Å². The summed E-state index contributed by atoms with van der Waals surface area (Å²) in [6.45, 7) is 3.80. The second-order valence-electron chi connectivity index (χ2n) is 5.79. The fraction of sp³-hybridized carbons (Fsp3) is 0.222. The third kappa shape index (κ3) is 3.90. The number of ether oxygens (including phenoxy) is 2. The molecule has 10 heteroatoms. The van der Waals surface area contributed by atoms with Gasteiger partial charge in [-0.2, -0.15) is 13.2 Å². The lowest BCUT2D eigenvalue weighted by Gasteiger charge is -2.26. The van der Waals surface area contributed by atoms with Crippen molar-refractivity contribution in [1.29, 1.82) is 0 Å². The first-order valence-corrected chi connectivity index (χ1v) is 9.86. The second kappa shape index (κ2) is 7.56. The van der Waals surface area contributed by atoms with E-state index in [2.05, 4.69) is 6.58 Å². The molecule has 0 radical (unpaired) electrons. The fourth-order valence-corrected chi connectivity index (χ4v) is 4.37. The van der Waals surface area contributed by atoms with Crippen molar-refractivity contribution in [1.82, 2.24) is 0 Å². The van der Waals surface area contributed by atoms with Crippen LogP contribution in [0.15, 0.2) is 53.9 Å². The molecule has 28 heavy (non-hydrogen) atoms. The van der Waals surface area contributed by atoms with Crippen LogP contribution in [0.1, 0.15) is 5.56 Å². The van der Waals surface area contributed by atoms with Crippen LogP contribution in [0.5, 0.6) is 11.5 Å². The zero-order valence-electron chi connectivity index (χ0n) is 14.4. The molecule has 0 N–H and O–H groups in total. The van der Waals surface area contributed by atoms with E-state index in [1.165, 1.54) is 24.3 Å². The molecule has 0 saturated heterocycles. The number of nitrogens with zero attached hydrogens (tertiary/aromatic N) is 1. The van der Waals surface area contributed by atoms with Crippen LogP contribution in [0.3, 0.4) is 0 Å². The molecule has 0 fully saturated rings. The van der Waals surface area contributed by atoms with Crippen LogP contribution in [-0.4, -0.2) is 28.2 Å². The standard InChI is InChI=1S/C18H15ClF3NO4S/c1-2-7-23(15-10-12(18(20,21)22)3-5-14(15)19)28(24,25)13-4-6-16-17(11-13)27-9-8-26-16/h2-6,10-11H,1,7-9H2. The predicted octanol–water partition coefficient (Wildman–Crippen LogP) is 4.51. The zero-order chi connectivity index (χ0) is 20.5. The van der Waals surface area contributed by atoms with Gasteiger partial charge in [-0.1, -0.05) is 17.7 Å². The molecule has 0 aromatic heterocycles. The number of sulfonamides is 1. The number of halogens is 4. The van der Waals surface area contributed by atoms with Gasteiger partial charge in [0.25, 0.3) is 10.0 Å². The van der Waals surface area contributed by atoms with Crippen LogP contribution in [-0.2, 0) is 16.2 Å². The Bertz CT molecular complexity index is 1010. The molecular weight excluding hydrogens is 419 g/mol. The van der Waals surface area contributed by atoms with Crippen LogP contribution in [0.2, 0.25) is 5.02 Å². The molecule has 1 aliphatic heterocycles. The number of hydrogen-bond acceptors (Lipinski definition) is 4. The summed E-state index contributed by atoms with van der Waals surface area (Å²) in [5.41, 5.74) is -1.32. The summed E-state index contributed by atoms with van der Waals surface area (Å²) in [5.74, 6) is 0.624. The van der Waals surface area contributed by atoms with Gasteiger partial charge in [0.15, 0.2) is 11.5 Å². The Morgan fingerprint density at radius 2 is 1.79 bits per heavy atom. The molecule has 2 aromatic rings. The van der Waals surface area contributed by atoms with E-state index in [1.807, 2.05) is 0 Å². The summed E-state index contributed by atoms with van der Waals surface area (Å²) in [7, 11) is -4.26. The van der Waals surface area contributed by atoms with Gasteiger partial charge >= 0.3 is 6.18 Å². The lowest BCUT2D eigenvalue weighted by molar-refractivity contribution is -0.137. The van der Waals surface area contributed by atoms with Crippen molar-refractivity contribution < 1.29 is 31.1 Å². The monoisotopic (exact) mass is 433 g/mol. The van der Waals surface area contributed by atoms with Gasteiger partial charge in [-0.05, 0) is 30.3 Å². The minimum Gasteiger partial charge on any atom is -0.486 e. The molecule has 5 nitrogen and oxygen atoms in total. The number of hydrogen-bond donors (Lipinski definition) is 0. The van der Waals surface area contributed by atoms with Crippen molar-refractivity contribution in [3.05, 3.63) is 59.6 Å². The van der Waals surface area contributed by atoms with Crippen molar-refractivity contribution in [3.63, 3.8) is 0 Å². The van der Waals surface area contributed by atoms with Gasteiger partial charge in [-0.15, -0.1) is 6.58 Å². The summed E-state index contributed by atoms with van der Waals surface area (Å²) in [6, 6.07) is 6.48. The van der Waals surface area contributed by atoms with E-state index in [0.717, 1.165) is 16.4 Å².